The monoisotopic (exact) mass is 362 g/mol. The van der Waals surface area contributed by atoms with Crippen LogP contribution in [-0.2, 0) is 13.1 Å². The van der Waals surface area contributed by atoms with Crippen LogP contribution in [-0.4, -0.2) is 12.5 Å². The van der Waals surface area contributed by atoms with E-state index >= 15 is 0 Å². The highest BCUT2D eigenvalue weighted by Crippen LogP contribution is 2.18. The molecule has 0 fully saturated rings. The second kappa shape index (κ2) is 10.7. The Morgan fingerprint density at radius 2 is 1.80 bits per heavy atom. The molecule has 0 heterocycles. The van der Waals surface area contributed by atoms with Crippen LogP contribution in [0.3, 0.4) is 0 Å². The van der Waals surface area contributed by atoms with E-state index in [1.54, 1.807) is 12.1 Å². The summed E-state index contributed by atoms with van der Waals surface area (Å²) in [5, 5.41) is 2.94. The van der Waals surface area contributed by atoms with Crippen molar-refractivity contribution < 1.29 is 9.53 Å². The van der Waals surface area contributed by atoms with Gasteiger partial charge in [0, 0.05) is 24.2 Å². The highest BCUT2D eigenvalue weighted by atomic mass is 35.5. The van der Waals surface area contributed by atoms with Gasteiger partial charge in [-0.25, -0.2) is 0 Å². The van der Waals surface area contributed by atoms with Gasteiger partial charge in [0.25, 0.3) is 5.91 Å². The topological polar surface area (TPSA) is 64.3 Å². The number of para-hydroxylation sites is 1. The molecule has 0 saturated carbocycles. The van der Waals surface area contributed by atoms with Crippen LogP contribution in [0.25, 0.3) is 0 Å². The van der Waals surface area contributed by atoms with Crippen molar-refractivity contribution in [3.05, 3.63) is 65.2 Å². The number of nitrogens with one attached hydrogen (secondary N) is 1. The van der Waals surface area contributed by atoms with E-state index in [2.05, 4.69) is 19.2 Å². The maximum Gasteiger partial charge on any atom is 0.251 e. The molecule has 0 saturated heterocycles. The van der Waals surface area contributed by atoms with Gasteiger partial charge in [-0.3, -0.25) is 4.79 Å². The molecule has 0 spiro atoms. The summed E-state index contributed by atoms with van der Waals surface area (Å²) >= 11 is 0. The van der Waals surface area contributed by atoms with Crippen LogP contribution in [0, 0.1) is 5.92 Å². The fourth-order valence-electron chi connectivity index (χ4n) is 2.27. The van der Waals surface area contributed by atoms with Gasteiger partial charge in [-0.15, -0.1) is 12.4 Å². The van der Waals surface area contributed by atoms with E-state index < -0.39 is 0 Å². The Balaban J connectivity index is 0.00000312. The van der Waals surface area contributed by atoms with Gasteiger partial charge in [-0.2, -0.15) is 0 Å². The van der Waals surface area contributed by atoms with E-state index in [0.717, 1.165) is 23.3 Å². The molecule has 3 N–H and O–H groups in total. The van der Waals surface area contributed by atoms with E-state index in [9.17, 15) is 4.79 Å². The van der Waals surface area contributed by atoms with Crippen LogP contribution in [0.5, 0.6) is 5.75 Å². The number of benzene rings is 2. The lowest BCUT2D eigenvalue weighted by Gasteiger charge is -2.13. The molecule has 0 aromatic heterocycles. The summed E-state index contributed by atoms with van der Waals surface area (Å²) in [7, 11) is 0. The van der Waals surface area contributed by atoms with Crippen molar-refractivity contribution in [1.29, 1.82) is 0 Å². The van der Waals surface area contributed by atoms with E-state index in [0.29, 0.717) is 31.2 Å². The zero-order valence-corrected chi connectivity index (χ0v) is 15.6. The van der Waals surface area contributed by atoms with Crippen LogP contribution >= 0.6 is 12.4 Å². The Kier molecular flexibility index (Phi) is 9.03. The van der Waals surface area contributed by atoms with Gasteiger partial charge in [0.2, 0.25) is 0 Å². The summed E-state index contributed by atoms with van der Waals surface area (Å²) < 4.78 is 5.85. The van der Waals surface area contributed by atoms with Crippen molar-refractivity contribution >= 4 is 18.3 Å². The van der Waals surface area contributed by atoms with Crippen LogP contribution < -0.4 is 15.8 Å². The maximum absolute atomic E-state index is 12.2. The molecular formula is C20H27ClN2O2. The number of hydrogen-bond donors (Lipinski definition) is 2. The lowest BCUT2D eigenvalue weighted by atomic mass is 10.1. The van der Waals surface area contributed by atoms with E-state index in [-0.39, 0.29) is 18.3 Å². The first kappa shape index (κ1) is 21.0. The Morgan fingerprint density at radius 1 is 1.12 bits per heavy atom. The molecule has 2 aromatic carbocycles. The molecule has 5 heteroatoms. The quantitative estimate of drug-likeness (QED) is 0.748. The molecule has 0 unspecified atom stereocenters. The van der Waals surface area contributed by atoms with Crippen molar-refractivity contribution in [2.75, 3.05) is 6.61 Å². The van der Waals surface area contributed by atoms with Crippen molar-refractivity contribution in [3.8, 4) is 5.75 Å². The standard InChI is InChI=1S/C20H26N2O2.ClH/c1-15(2)11-12-24-19-6-4-3-5-18(19)14-22-20(23)17-9-7-16(13-21)8-10-17;/h3-10,15H,11-14,21H2,1-2H3,(H,22,23);1H. The Morgan fingerprint density at radius 3 is 2.44 bits per heavy atom. The van der Waals surface area contributed by atoms with Crippen molar-refractivity contribution in [3.63, 3.8) is 0 Å². The van der Waals surface area contributed by atoms with E-state index in [4.69, 9.17) is 10.5 Å². The molecule has 0 aliphatic carbocycles. The third kappa shape index (κ3) is 6.77. The molecule has 2 aromatic rings. The normalized spacial score (nSPS) is 10.2. The summed E-state index contributed by atoms with van der Waals surface area (Å²) in [6.45, 7) is 5.94. The van der Waals surface area contributed by atoms with Crippen LogP contribution in [0.2, 0.25) is 0 Å². The maximum atomic E-state index is 12.2. The average molecular weight is 363 g/mol. The van der Waals surface area contributed by atoms with Crippen molar-refractivity contribution in [1.82, 2.24) is 5.32 Å². The molecule has 0 bridgehead atoms. The predicted molar refractivity (Wildman–Crippen MR) is 104 cm³/mol. The summed E-state index contributed by atoms with van der Waals surface area (Å²) in [6, 6.07) is 15.1. The van der Waals surface area contributed by atoms with Gasteiger partial charge in [0.1, 0.15) is 5.75 Å². The highest BCUT2D eigenvalue weighted by Gasteiger charge is 2.08. The first-order valence-electron chi connectivity index (χ1n) is 8.38. The van der Waals surface area contributed by atoms with Crippen LogP contribution in [0.15, 0.2) is 48.5 Å². The first-order valence-corrected chi connectivity index (χ1v) is 8.38. The molecule has 0 aliphatic rings. The molecular weight excluding hydrogens is 336 g/mol. The number of hydrogen-bond acceptors (Lipinski definition) is 3. The molecule has 1 amide bonds. The predicted octanol–water partition coefficient (Wildman–Crippen LogP) is 3.92. The molecule has 0 radical (unpaired) electrons. The van der Waals surface area contributed by atoms with Gasteiger partial charge in [0.05, 0.1) is 6.61 Å². The number of rotatable bonds is 8. The second-order valence-corrected chi connectivity index (χ2v) is 6.22. The number of amides is 1. The van der Waals surface area contributed by atoms with Crippen LogP contribution in [0.1, 0.15) is 41.8 Å². The van der Waals surface area contributed by atoms with E-state index in [1.165, 1.54) is 0 Å². The highest BCUT2D eigenvalue weighted by molar-refractivity contribution is 5.94. The zero-order chi connectivity index (χ0) is 17.4. The Labute approximate surface area is 156 Å². The lowest BCUT2D eigenvalue weighted by Crippen LogP contribution is -2.23. The minimum atomic E-state index is -0.101. The zero-order valence-electron chi connectivity index (χ0n) is 14.8. The molecule has 136 valence electrons. The number of ether oxygens (including phenoxy) is 1. The second-order valence-electron chi connectivity index (χ2n) is 6.22. The Bertz CT molecular complexity index is 657. The number of nitrogens with two attached hydrogens (primary N) is 1. The minimum absolute atomic E-state index is 0. The molecule has 4 nitrogen and oxygen atoms in total. The number of carbonyl (C=O) groups is 1. The average Bonchev–Trinajstić information content (AvgIpc) is 2.60. The Hall–Kier alpha value is -2.04. The third-order valence-electron chi connectivity index (χ3n) is 3.82. The van der Waals surface area contributed by atoms with Gasteiger partial charge in [-0.1, -0.05) is 44.2 Å². The lowest BCUT2D eigenvalue weighted by molar-refractivity contribution is 0.0950. The van der Waals surface area contributed by atoms with Crippen molar-refractivity contribution in [2.45, 2.75) is 33.4 Å². The largest absolute Gasteiger partial charge is 0.493 e. The molecule has 0 atom stereocenters. The summed E-state index contributed by atoms with van der Waals surface area (Å²) in [5.74, 6) is 1.33. The fraction of sp³-hybridized carbons (Fsp3) is 0.350. The number of halogens is 1. The molecule has 25 heavy (non-hydrogen) atoms. The summed E-state index contributed by atoms with van der Waals surface area (Å²) in [6.07, 6.45) is 1.01. The SMILES string of the molecule is CC(C)CCOc1ccccc1CNC(=O)c1ccc(CN)cc1.Cl. The minimum Gasteiger partial charge on any atom is -0.493 e. The van der Waals surface area contributed by atoms with E-state index in [1.807, 2.05) is 36.4 Å². The molecule has 2 rings (SSSR count). The molecule has 0 aliphatic heterocycles. The van der Waals surface area contributed by atoms with Gasteiger partial charge in [-0.05, 0) is 36.1 Å². The van der Waals surface area contributed by atoms with Gasteiger partial charge < -0.3 is 15.8 Å². The first-order chi connectivity index (χ1) is 11.6. The fourth-order valence-corrected chi connectivity index (χ4v) is 2.27. The third-order valence-corrected chi connectivity index (χ3v) is 3.82. The van der Waals surface area contributed by atoms with Gasteiger partial charge in [0.15, 0.2) is 0 Å². The van der Waals surface area contributed by atoms with Gasteiger partial charge >= 0.3 is 0 Å². The summed E-state index contributed by atoms with van der Waals surface area (Å²) in [5.41, 5.74) is 8.19. The number of carbonyl (C=O) groups excluding carboxylic acids is 1. The van der Waals surface area contributed by atoms with Crippen LogP contribution in [0.4, 0.5) is 0 Å². The van der Waals surface area contributed by atoms with Crippen molar-refractivity contribution in [2.24, 2.45) is 11.7 Å². The smallest absolute Gasteiger partial charge is 0.251 e. The summed E-state index contributed by atoms with van der Waals surface area (Å²) in [4.78, 5) is 12.2.